The topological polar surface area (TPSA) is 66.8 Å². The third-order valence-corrected chi connectivity index (χ3v) is 5.70. The average molecular weight is 460 g/mol. The first-order valence-corrected chi connectivity index (χ1v) is 11.1. The SMILES string of the molecule is Cc1cc(/C(O)=C2\C(=O)C(=O)N(c3ccccc3)C2c2ccccc2F)ccc1OCC(C)C. The van der Waals surface area contributed by atoms with E-state index in [-0.39, 0.29) is 16.9 Å². The highest BCUT2D eigenvalue weighted by Crippen LogP contribution is 2.43. The summed E-state index contributed by atoms with van der Waals surface area (Å²) >= 11 is 0. The van der Waals surface area contributed by atoms with Gasteiger partial charge in [0.05, 0.1) is 18.2 Å². The third kappa shape index (κ3) is 4.31. The van der Waals surface area contributed by atoms with Crippen molar-refractivity contribution in [1.29, 1.82) is 0 Å². The van der Waals surface area contributed by atoms with E-state index in [0.29, 0.717) is 29.5 Å². The lowest BCUT2D eigenvalue weighted by Gasteiger charge is -2.25. The van der Waals surface area contributed by atoms with E-state index < -0.39 is 23.5 Å². The van der Waals surface area contributed by atoms with Gasteiger partial charge in [0, 0.05) is 16.8 Å². The lowest BCUT2D eigenvalue weighted by atomic mass is 9.94. The van der Waals surface area contributed by atoms with Crippen molar-refractivity contribution in [3.8, 4) is 5.75 Å². The monoisotopic (exact) mass is 459 g/mol. The fourth-order valence-corrected chi connectivity index (χ4v) is 4.05. The number of carbonyl (C=O) groups excluding carboxylic acids is 2. The number of Topliss-reactive ketones (excluding diaryl/α,β-unsaturated/α-hetero) is 1. The largest absolute Gasteiger partial charge is 0.507 e. The molecule has 1 unspecified atom stereocenters. The zero-order valence-electron chi connectivity index (χ0n) is 19.3. The molecule has 5 nitrogen and oxygen atoms in total. The van der Waals surface area contributed by atoms with Crippen LogP contribution in [0.15, 0.2) is 78.4 Å². The molecule has 1 saturated heterocycles. The van der Waals surface area contributed by atoms with Gasteiger partial charge in [0.15, 0.2) is 0 Å². The summed E-state index contributed by atoms with van der Waals surface area (Å²) in [6, 6.07) is 18.5. The summed E-state index contributed by atoms with van der Waals surface area (Å²) < 4.78 is 20.7. The molecule has 0 saturated carbocycles. The molecule has 0 spiro atoms. The van der Waals surface area contributed by atoms with Crippen LogP contribution in [0.2, 0.25) is 0 Å². The second kappa shape index (κ2) is 9.51. The van der Waals surface area contributed by atoms with Crippen LogP contribution < -0.4 is 9.64 Å². The smallest absolute Gasteiger partial charge is 0.300 e. The molecule has 1 fully saturated rings. The minimum Gasteiger partial charge on any atom is -0.507 e. The Hall–Kier alpha value is -3.93. The Bertz CT molecular complexity index is 1270. The summed E-state index contributed by atoms with van der Waals surface area (Å²) in [6.07, 6.45) is 0. The maximum absolute atomic E-state index is 14.9. The van der Waals surface area contributed by atoms with Crippen LogP contribution in [0.4, 0.5) is 10.1 Å². The van der Waals surface area contributed by atoms with E-state index in [0.717, 1.165) is 5.56 Å². The number of para-hydroxylation sites is 1. The molecular weight excluding hydrogens is 433 g/mol. The van der Waals surface area contributed by atoms with Crippen molar-refractivity contribution >= 4 is 23.1 Å². The molecule has 1 atom stereocenters. The molecule has 0 radical (unpaired) electrons. The Morgan fingerprint density at radius 1 is 1.03 bits per heavy atom. The van der Waals surface area contributed by atoms with Gasteiger partial charge in [-0.25, -0.2) is 4.39 Å². The number of ketones is 1. The van der Waals surface area contributed by atoms with Crippen LogP contribution in [-0.4, -0.2) is 23.4 Å². The predicted octanol–water partition coefficient (Wildman–Crippen LogP) is 5.80. The van der Waals surface area contributed by atoms with Crippen molar-refractivity contribution in [1.82, 2.24) is 0 Å². The van der Waals surface area contributed by atoms with Crippen LogP contribution in [0.3, 0.4) is 0 Å². The molecule has 3 aromatic rings. The number of aliphatic hydroxyl groups is 1. The summed E-state index contributed by atoms with van der Waals surface area (Å²) in [6.45, 7) is 6.47. The van der Waals surface area contributed by atoms with E-state index >= 15 is 0 Å². The van der Waals surface area contributed by atoms with Crippen molar-refractivity contribution < 1.29 is 23.8 Å². The zero-order valence-corrected chi connectivity index (χ0v) is 19.3. The number of nitrogens with zero attached hydrogens (tertiary/aromatic N) is 1. The number of amides is 1. The molecule has 174 valence electrons. The van der Waals surface area contributed by atoms with E-state index in [9.17, 15) is 19.1 Å². The lowest BCUT2D eigenvalue weighted by molar-refractivity contribution is -0.132. The highest BCUT2D eigenvalue weighted by atomic mass is 19.1. The quantitative estimate of drug-likeness (QED) is 0.288. The van der Waals surface area contributed by atoms with Gasteiger partial charge in [-0.3, -0.25) is 14.5 Å². The minimum atomic E-state index is -1.11. The fourth-order valence-electron chi connectivity index (χ4n) is 4.05. The number of hydrogen-bond acceptors (Lipinski definition) is 4. The molecular formula is C28H26FNO4. The van der Waals surface area contributed by atoms with Crippen molar-refractivity contribution in [3.63, 3.8) is 0 Å². The molecule has 1 aliphatic rings. The molecule has 6 heteroatoms. The normalized spacial score (nSPS) is 17.4. The van der Waals surface area contributed by atoms with Crippen molar-refractivity contribution in [2.24, 2.45) is 5.92 Å². The highest BCUT2D eigenvalue weighted by Gasteiger charge is 2.47. The Kier molecular flexibility index (Phi) is 6.50. The average Bonchev–Trinajstić information content (AvgIpc) is 3.08. The number of benzene rings is 3. The van der Waals surface area contributed by atoms with E-state index in [1.807, 2.05) is 20.8 Å². The van der Waals surface area contributed by atoms with Crippen LogP contribution in [0.5, 0.6) is 5.75 Å². The molecule has 1 aliphatic heterocycles. The summed E-state index contributed by atoms with van der Waals surface area (Å²) in [5, 5.41) is 11.2. The van der Waals surface area contributed by atoms with Gasteiger partial charge in [0.25, 0.3) is 11.7 Å². The summed E-state index contributed by atoms with van der Waals surface area (Å²) in [5.74, 6) is -1.61. The Morgan fingerprint density at radius 3 is 2.35 bits per heavy atom. The van der Waals surface area contributed by atoms with Crippen LogP contribution >= 0.6 is 0 Å². The van der Waals surface area contributed by atoms with Gasteiger partial charge in [-0.05, 0) is 54.8 Å². The molecule has 0 bridgehead atoms. The van der Waals surface area contributed by atoms with Crippen LogP contribution in [0.25, 0.3) is 5.76 Å². The Labute approximate surface area is 198 Å². The zero-order chi connectivity index (χ0) is 24.4. The van der Waals surface area contributed by atoms with Crippen molar-refractivity contribution in [2.75, 3.05) is 11.5 Å². The maximum atomic E-state index is 14.9. The number of halogens is 1. The van der Waals surface area contributed by atoms with Gasteiger partial charge >= 0.3 is 0 Å². The number of anilines is 1. The third-order valence-electron chi connectivity index (χ3n) is 5.70. The second-order valence-electron chi connectivity index (χ2n) is 8.71. The number of rotatable bonds is 6. The van der Waals surface area contributed by atoms with E-state index in [1.54, 1.807) is 54.6 Å². The number of ether oxygens (including phenoxy) is 1. The lowest BCUT2D eigenvalue weighted by Crippen LogP contribution is -2.29. The maximum Gasteiger partial charge on any atom is 0.300 e. The Morgan fingerprint density at radius 2 is 1.71 bits per heavy atom. The predicted molar refractivity (Wildman–Crippen MR) is 129 cm³/mol. The van der Waals surface area contributed by atoms with Gasteiger partial charge in [0.1, 0.15) is 17.3 Å². The number of hydrogen-bond donors (Lipinski definition) is 1. The molecule has 34 heavy (non-hydrogen) atoms. The Balaban J connectivity index is 1.86. The molecule has 3 aromatic carbocycles. The molecule has 0 aromatic heterocycles. The van der Waals surface area contributed by atoms with Gasteiger partial charge in [0.2, 0.25) is 0 Å². The molecule has 1 heterocycles. The summed E-state index contributed by atoms with van der Waals surface area (Å²) in [4.78, 5) is 27.5. The van der Waals surface area contributed by atoms with Crippen LogP contribution in [0.1, 0.15) is 36.6 Å². The number of carbonyl (C=O) groups is 2. The van der Waals surface area contributed by atoms with E-state index in [1.165, 1.54) is 23.1 Å². The van der Waals surface area contributed by atoms with Gasteiger partial charge in [-0.2, -0.15) is 0 Å². The van der Waals surface area contributed by atoms with Crippen LogP contribution in [0, 0.1) is 18.7 Å². The van der Waals surface area contributed by atoms with E-state index in [2.05, 4.69) is 0 Å². The van der Waals surface area contributed by atoms with Gasteiger partial charge in [-0.15, -0.1) is 0 Å². The summed E-state index contributed by atoms with van der Waals surface area (Å²) in [7, 11) is 0. The first-order valence-electron chi connectivity index (χ1n) is 11.1. The van der Waals surface area contributed by atoms with Crippen molar-refractivity contribution in [3.05, 3.63) is 101 Å². The standard InChI is InChI=1S/C28H26FNO4/c1-17(2)16-34-23-14-13-19(15-18(23)3)26(31)24-25(21-11-7-8-12-22(21)29)30(28(33)27(24)32)20-9-5-4-6-10-20/h4-15,17,25,31H,16H2,1-3H3/b26-24+. The number of aryl methyl sites for hydroxylation is 1. The molecule has 1 N–H and O–H groups in total. The molecule has 0 aliphatic carbocycles. The van der Waals surface area contributed by atoms with E-state index in [4.69, 9.17) is 4.74 Å². The van der Waals surface area contributed by atoms with Crippen LogP contribution in [-0.2, 0) is 9.59 Å². The minimum absolute atomic E-state index is 0.126. The van der Waals surface area contributed by atoms with Crippen molar-refractivity contribution in [2.45, 2.75) is 26.8 Å². The summed E-state index contributed by atoms with van der Waals surface area (Å²) in [5.41, 5.74) is 1.52. The van der Waals surface area contributed by atoms with Gasteiger partial charge < -0.3 is 9.84 Å². The number of aliphatic hydroxyl groups excluding tert-OH is 1. The highest BCUT2D eigenvalue weighted by molar-refractivity contribution is 6.51. The molecule has 1 amide bonds. The van der Waals surface area contributed by atoms with Gasteiger partial charge in [-0.1, -0.05) is 50.2 Å². The first kappa shape index (κ1) is 23.2. The first-order chi connectivity index (χ1) is 16.3. The second-order valence-corrected chi connectivity index (χ2v) is 8.71. The molecule has 4 rings (SSSR count). The fraction of sp³-hybridized carbons (Fsp3) is 0.214.